The molecule has 40 valence electrons. The molecule has 0 nitrogen and oxygen atoms in total. The fourth-order valence-electron chi connectivity index (χ4n) is 0.582. The fraction of sp³-hybridized carbons (Fsp3) is 0.333. The zero-order valence-electron chi connectivity index (χ0n) is 4.20. The van der Waals surface area contributed by atoms with E-state index in [1.807, 2.05) is 0 Å². The van der Waals surface area contributed by atoms with E-state index in [1.165, 1.54) is 9.74 Å². The molecule has 0 atom stereocenters. The number of rotatable bonds is 0. The van der Waals surface area contributed by atoms with Crippen LogP contribution in [-0.2, 0) is 18.3 Å². The third kappa shape index (κ3) is 1.01. The molecule has 0 saturated carbocycles. The van der Waals surface area contributed by atoms with Crippen molar-refractivity contribution in [2.45, 2.75) is 13.3 Å². The third-order valence-electron chi connectivity index (χ3n) is 1.07. The van der Waals surface area contributed by atoms with E-state index in [-0.39, 0.29) is 0 Å². The Morgan fingerprint density at radius 1 is 1.71 bits per heavy atom. The molecule has 0 unspecified atom stereocenters. The zero-order valence-corrected chi connectivity index (χ0v) is 5.83. The first-order valence-electron chi connectivity index (χ1n) is 2.30. The predicted molar refractivity (Wildman–Crippen MR) is 26.5 cm³/mol. The topological polar surface area (TPSA) is 0 Å². The SMILES string of the molecule is CC1=[C]([Rh])CC=C1. The van der Waals surface area contributed by atoms with Crippen molar-refractivity contribution in [1.82, 2.24) is 0 Å². The summed E-state index contributed by atoms with van der Waals surface area (Å²) in [7, 11) is 0. The van der Waals surface area contributed by atoms with Crippen molar-refractivity contribution in [2.24, 2.45) is 0 Å². The Hall–Kier alpha value is 0.103. The Kier molecular flexibility index (Phi) is 1.44. The van der Waals surface area contributed by atoms with Crippen LogP contribution in [0.3, 0.4) is 0 Å². The van der Waals surface area contributed by atoms with E-state index >= 15 is 0 Å². The molecule has 0 saturated heterocycles. The Morgan fingerprint density at radius 2 is 2.43 bits per heavy atom. The van der Waals surface area contributed by atoms with Gasteiger partial charge in [0, 0.05) is 0 Å². The molecule has 0 fully saturated rings. The molecule has 0 aromatic rings. The molecule has 0 spiro atoms. The van der Waals surface area contributed by atoms with Crippen LogP contribution in [-0.4, -0.2) is 0 Å². The summed E-state index contributed by atoms with van der Waals surface area (Å²) in [5.74, 6) is 0. The molecule has 0 bridgehead atoms. The first-order chi connectivity index (χ1) is 3.30. The summed E-state index contributed by atoms with van der Waals surface area (Å²) in [5.41, 5.74) is 1.40. The minimum atomic E-state index is 1.12. The van der Waals surface area contributed by atoms with Gasteiger partial charge in [-0.2, -0.15) is 0 Å². The Morgan fingerprint density at radius 3 is 2.57 bits per heavy atom. The van der Waals surface area contributed by atoms with Gasteiger partial charge >= 0.3 is 53.5 Å². The van der Waals surface area contributed by atoms with Crippen molar-refractivity contribution in [3.8, 4) is 0 Å². The van der Waals surface area contributed by atoms with Crippen LogP contribution in [0.25, 0.3) is 0 Å². The van der Waals surface area contributed by atoms with Gasteiger partial charge in [-0.25, -0.2) is 0 Å². The molecule has 0 aromatic heterocycles. The minimum absolute atomic E-state index is 1.12. The van der Waals surface area contributed by atoms with E-state index in [9.17, 15) is 0 Å². The van der Waals surface area contributed by atoms with E-state index < -0.39 is 0 Å². The van der Waals surface area contributed by atoms with Crippen LogP contribution in [0.5, 0.6) is 0 Å². The number of hydrogen-bond donors (Lipinski definition) is 0. The van der Waals surface area contributed by atoms with Crippen LogP contribution in [0, 0.1) is 0 Å². The van der Waals surface area contributed by atoms with Crippen molar-refractivity contribution >= 4 is 0 Å². The summed E-state index contributed by atoms with van der Waals surface area (Å²) < 4.78 is 1.40. The first kappa shape index (κ1) is 5.24. The zero-order chi connectivity index (χ0) is 5.28. The van der Waals surface area contributed by atoms with Crippen molar-refractivity contribution in [2.75, 3.05) is 0 Å². The van der Waals surface area contributed by atoms with Crippen molar-refractivity contribution in [3.63, 3.8) is 0 Å². The van der Waals surface area contributed by atoms with Gasteiger partial charge in [-0.3, -0.25) is 0 Å². The van der Waals surface area contributed by atoms with Gasteiger partial charge in [0.05, 0.1) is 0 Å². The summed E-state index contributed by atoms with van der Waals surface area (Å²) in [6, 6.07) is 0. The van der Waals surface area contributed by atoms with Gasteiger partial charge in [-0.1, -0.05) is 0 Å². The molecular formula is C6H7Rh. The Labute approximate surface area is 54.0 Å². The molecule has 7 heavy (non-hydrogen) atoms. The standard InChI is InChI=1S/C6H7.Rh/c1-6-4-2-3-5-6;/h2,4H,3H2,1H3;. The van der Waals surface area contributed by atoms with Gasteiger partial charge in [0.25, 0.3) is 0 Å². The molecule has 1 aliphatic rings. The van der Waals surface area contributed by atoms with E-state index in [2.05, 4.69) is 37.4 Å². The van der Waals surface area contributed by atoms with Gasteiger partial charge in [0.15, 0.2) is 0 Å². The molecule has 0 amide bonds. The quantitative estimate of drug-likeness (QED) is 0.501. The van der Waals surface area contributed by atoms with Gasteiger partial charge in [-0.15, -0.1) is 0 Å². The number of hydrogen-bond acceptors (Lipinski definition) is 0. The summed E-state index contributed by atoms with van der Waals surface area (Å²) in [5, 5.41) is 0. The Bertz CT molecular complexity index is 131. The maximum atomic E-state index is 2.91. The van der Waals surface area contributed by atoms with E-state index in [1.54, 1.807) is 0 Å². The monoisotopic (exact) mass is 182 g/mol. The normalized spacial score (nSPS) is 19.3. The summed E-state index contributed by atoms with van der Waals surface area (Å²) in [6.45, 7) is 2.12. The summed E-state index contributed by atoms with van der Waals surface area (Å²) in [4.78, 5) is 0. The fourth-order valence-corrected chi connectivity index (χ4v) is 0.911. The van der Waals surface area contributed by atoms with Crippen LogP contribution >= 0.6 is 0 Å². The van der Waals surface area contributed by atoms with E-state index in [0.717, 1.165) is 6.42 Å². The van der Waals surface area contributed by atoms with Crippen LogP contribution < -0.4 is 0 Å². The van der Waals surface area contributed by atoms with Crippen LogP contribution in [0.2, 0.25) is 0 Å². The second kappa shape index (κ2) is 1.92. The van der Waals surface area contributed by atoms with Crippen molar-refractivity contribution < 1.29 is 18.3 Å². The van der Waals surface area contributed by atoms with Crippen molar-refractivity contribution in [3.05, 3.63) is 21.9 Å². The van der Waals surface area contributed by atoms with Crippen LogP contribution in [0.4, 0.5) is 0 Å². The van der Waals surface area contributed by atoms with Gasteiger partial charge in [0.1, 0.15) is 0 Å². The molecule has 0 aromatic carbocycles. The molecule has 1 rings (SSSR count). The molecule has 0 aliphatic heterocycles. The average Bonchev–Trinajstić information content (AvgIpc) is 1.91. The predicted octanol–water partition coefficient (Wildman–Crippen LogP) is 1.77. The molecule has 0 radical (unpaired) electrons. The van der Waals surface area contributed by atoms with Crippen LogP contribution in [0.15, 0.2) is 21.9 Å². The average molecular weight is 182 g/mol. The maximum absolute atomic E-state index is 2.91. The van der Waals surface area contributed by atoms with E-state index in [4.69, 9.17) is 0 Å². The van der Waals surface area contributed by atoms with Crippen molar-refractivity contribution in [1.29, 1.82) is 0 Å². The second-order valence-electron chi connectivity index (χ2n) is 1.67. The first-order valence-corrected chi connectivity index (χ1v) is 3.12. The number of allylic oxidation sites excluding steroid dienone is 4. The van der Waals surface area contributed by atoms with Crippen LogP contribution in [0.1, 0.15) is 13.3 Å². The van der Waals surface area contributed by atoms with Gasteiger partial charge in [-0.05, 0) is 0 Å². The molecule has 0 N–H and O–H groups in total. The molecule has 1 aliphatic carbocycles. The molecule has 1 heteroatoms. The van der Waals surface area contributed by atoms with E-state index in [0.29, 0.717) is 0 Å². The summed E-state index contributed by atoms with van der Waals surface area (Å²) in [6.07, 6.45) is 5.44. The third-order valence-corrected chi connectivity index (χ3v) is 2.05. The Balaban J connectivity index is 2.79. The molecule has 0 heterocycles. The van der Waals surface area contributed by atoms with Gasteiger partial charge < -0.3 is 0 Å². The second-order valence-corrected chi connectivity index (χ2v) is 2.66. The van der Waals surface area contributed by atoms with Gasteiger partial charge in [0.2, 0.25) is 0 Å². The summed E-state index contributed by atoms with van der Waals surface area (Å²) >= 11 is 2.91. The molecular weight excluding hydrogens is 175 g/mol.